The molecule has 2 rings (SSSR count). The minimum Gasteiger partial charge on any atom is -0.483 e. The maximum absolute atomic E-state index is 11.3. The maximum atomic E-state index is 11.3. The lowest BCUT2D eigenvalue weighted by molar-refractivity contribution is -0.132. The third-order valence-corrected chi connectivity index (χ3v) is 4.00. The Morgan fingerprint density at radius 3 is 2.41 bits per heavy atom. The number of carbonyl (C=O) groups is 2. The van der Waals surface area contributed by atoms with Crippen molar-refractivity contribution in [1.29, 1.82) is 0 Å². The Bertz CT molecular complexity index is 687. The summed E-state index contributed by atoms with van der Waals surface area (Å²) in [6.45, 7) is 8.89. The van der Waals surface area contributed by atoms with Crippen molar-refractivity contribution in [2.45, 2.75) is 46.6 Å². The second-order valence-corrected chi connectivity index (χ2v) is 5.87. The van der Waals surface area contributed by atoms with Crippen LogP contribution in [0, 0.1) is 20.8 Å². The molecule has 0 spiro atoms. The van der Waals surface area contributed by atoms with Crippen molar-refractivity contribution in [1.82, 2.24) is 0 Å². The minimum absolute atomic E-state index is 0.363. The van der Waals surface area contributed by atoms with Crippen molar-refractivity contribution < 1.29 is 24.2 Å². The summed E-state index contributed by atoms with van der Waals surface area (Å²) in [5.41, 5.74) is 2.87. The molecule has 1 N–H and O–H groups in total. The number of ether oxygens (including phenoxy) is 2. The number of esters is 1. The van der Waals surface area contributed by atoms with E-state index in [1.807, 2.05) is 27.7 Å². The van der Waals surface area contributed by atoms with E-state index < -0.39 is 11.6 Å². The first-order chi connectivity index (χ1) is 10.1. The van der Waals surface area contributed by atoms with Crippen molar-refractivity contribution in [2.24, 2.45) is 0 Å². The maximum Gasteiger partial charge on any atom is 0.328 e. The average Bonchev–Trinajstić information content (AvgIpc) is 2.78. The van der Waals surface area contributed by atoms with Crippen LogP contribution in [-0.4, -0.2) is 22.6 Å². The first-order valence-electron chi connectivity index (χ1n) is 7.07. The highest BCUT2D eigenvalue weighted by Crippen LogP contribution is 2.45. The van der Waals surface area contributed by atoms with Gasteiger partial charge in [0, 0.05) is 25.0 Å². The normalized spacial score (nSPS) is 19.9. The van der Waals surface area contributed by atoms with E-state index in [2.05, 4.69) is 0 Å². The van der Waals surface area contributed by atoms with Gasteiger partial charge >= 0.3 is 11.9 Å². The minimum atomic E-state index is -1.01. The van der Waals surface area contributed by atoms with E-state index in [1.165, 1.54) is 6.92 Å². The van der Waals surface area contributed by atoms with Gasteiger partial charge in [-0.1, -0.05) is 0 Å². The van der Waals surface area contributed by atoms with Gasteiger partial charge in [0.15, 0.2) is 0 Å². The van der Waals surface area contributed by atoms with Crippen LogP contribution >= 0.6 is 0 Å². The van der Waals surface area contributed by atoms with E-state index in [4.69, 9.17) is 14.6 Å². The van der Waals surface area contributed by atoms with E-state index in [-0.39, 0.29) is 5.97 Å². The lowest BCUT2D eigenvalue weighted by Crippen LogP contribution is -2.27. The number of hydrogen-bond donors (Lipinski definition) is 1. The van der Waals surface area contributed by atoms with Crippen LogP contribution in [0.25, 0.3) is 0 Å². The van der Waals surface area contributed by atoms with Crippen LogP contribution < -0.4 is 9.47 Å². The second-order valence-electron chi connectivity index (χ2n) is 5.87. The number of hydrogen-bond acceptors (Lipinski definition) is 4. The molecule has 1 aromatic rings. The Labute approximate surface area is 129 Å². The Hall–Kier alpha value is -2.30. The van der Waals surface area contributed by atoms with Gasteiger partial charge in [0.05, 0.1) is 0 Å². The molecule has 0 bridgehead atoms. The number of aliphatic carboxylic acids is 1. The Kier molecular flexibility index (Phi) is 4.00. The fourth-order valence-electron chi connectivity index (χ4n) is 2.76. The van der Waals surface area contributed by atoms with Crippen LogP contribution in [0.3, 0.4) is 0 Å². The molecule has 5 heteroatoms. The molecule has 1 aliphatic rings. The summed E-state index contributed by atoms with van der Waals surface area (Å²) in [6, 6.07) is 0. The second kappa shape index (κ2) is 5.48. The molecule has 0 fully saturated rings. The Balaban J connectivity index is 2.50. The van der Waals surface area contributed by atoms with Gasteiger partial charge in [0.25, 0.3) is 0 Å². The van der Waals surface area contributed by atoms with E-state index in [1.54, 1.807) is 6.08 Å². The third kappa shape index (κ3) is 2.84. The van der Waals surface area contributed by atoms with Gasteiger partial charge in [-0.15, -0.1) is 0 Å². The largest absolute Gasteiger partial charge is 0.483 e. The van der Waals surface area contributed by atoms with Gasteiger partial charge in [-0.25, -0.2) is 4.79 Å². The van der Waals surface area contributed by atoms with Gasteiger partial charge in [-0.3, -0.25) is 4.79 Å². The number of fused-ring (bicyclic) bond motifs is 1. The fourth-order valence-corrected chi connectivity index (χ4v) is 2.76. The highest BCUT2D eigenvalue weighted by Gasteiger charge is 2.36. The van der Waals surface area contributed by atoms with Crippen molar-refractivity contribution in [3.05, 3.63) is 34.4 Å². The zero-order chi connectivity index (χ0) is 16.7. The van der Waals surface area contributed by atoms with Crippen LogP contribution in [0.1, 0.15) is 36.1 Å². The van der Waals surface area contributed by atoms with Crippen LogP contribution in [0.2, 0.25) is 0 Å². The molecule has 118 valence electrons. The first kappa shape index (κ1) is 16.1. The molecule has 1 atom stereocenters. The molecule has 5 nitrogen and oxygen atoms in total. The number of benzene rings is 1. The average molecular weight is 304 g/mol. The molecule has 0 radical (unpaired) electrons. The highest BCUT2D eigenvalue weighted by atomic mass is 16.5. The smallest absolute Gasteiger partial charge is 0.328 e. The highest BCUT2D eigenvalue weighted by molar-refractivity contribution is 5.80. The number of carbonyl (C=O) groups excluding carboxylic acids is 1. The summed E-state index contributed by atoms with van der Waals surface area (Å²) in [7, 11) is 0. The Morgan fingerprint density at radius 1 is 1.23 bits per heavy atom. The summed E-state index contributed by atoms with van der Waals surface area (Å²) < 4.78 is 11.3. The van der Waals surface area contributed by atoms with E-state index in [0.29, 0.717) is 12.2 Å². The molecule has 0 amide bonds. The standard InChI is InChI=1S/C17H20O5/c1-9-10(2)16-13(11(3)15(9)21-12(4)18)8-17(5,22-16)7-6-14(19)20/h6-7H,8H2,1-5H3,(H,19,20). The molecule has 1 aromatic carbocycles. The topological polar surface area (TPSA) is 72.8 Å². The molecular formula is C17H20O5. The molecule has 22 heavy (non-hydrogen) atoms. The quantitative estimate of drug-likeness (QED) is 0.528. The lowest BCUT2D eigenvalue weighted by atomic mass is 9.92. The molecule has 1 unspecified atom stereocenters. The van der Waals surface area contributed by atoms with Gasteiger partial charge in [0.2, 0.25) is 0 Å². The predicted octanol–water partition coefficient (Wildman–Crippen LogP) is 2.87. The van der Waals surface area contributed by atoms with E-state index >= 15 is 0 Å². The van der Waals surface area contributed by atoms with Gasteiger partial charge < -0.3 is 14.6 Å². The van der Waals surface area contributed by atoms with E-state index in [0.717, 1.165) is 34.1 Å². The lowest BCUT2D eigenvalue weighted by Gasteiger charge is -2.20. The molecule has 1 heterocycles. The van der Waals surface area contributed by atoms with Crippen molar-refractivity contribution in [2.75, 3.05) is 0 Å². The van der Waals surface area contributed by atoms with Crippen LogP contribution in [0.5, 0.6) is 11.5 Å². The van der Waals surface area contributed by atoms with Crippen molar-refractivity contribution >= 4 is 11.9 Å². The Morgan fingerprint density at radius 2 is 1.86 bits per heavy atom. The summed E-state index contributed by atoms with van der Waals surface area (Å²) in [4.78, 5) is 22.0. The molecule has 0 aliphatic carbocycles. The molecular weight excluding hydrogens is 284 g/mol. The molecule has 0 saturated carbocycles. The third-order valence-electron chi connectivity index (χ3n) is 4.00. The molecule has 0 saturated heterocycles. The summed E-state index contributed by atoms with van der Waals surface area (Å²) in [5, 5.41) is 8.80. The van der Waals surface area contributed by atoms with Crippen molar-refractivity contribution in [3.63, 3.8) is 0 Å². The monoisotopic (exact) mass is 304 g/mol. The SMILES string of the molecule is CC(=O)Oc1c(C)c(C)c2c(c1C)CC(C)(C=CC(=O)O)O2. The summed E-state index contributed by atoms with van der Waals surface area (Å²) in [6.07, 6.45) is 3.18. The zero-order valence-corrected chi connectivity index (χ0v) is 13.4. The van der Waals surface area contributed by atoms with Gasteiger partial charge in [-0.05, 0) is 50.5 Å². The number of carboxylic acids is 1. The van der Waals surface area contributed by atoms with Crippen LogP contribution in [-0.2, 0) is 16.0 Å². The number of carboxylic acid groups (broad SMARTS) is 1. The van der Waals surface area contributed by atoms with E-state index in [9.17, 15) is 9.59 Å². The predicted molar refractivity (Wildman–Crippen MR) is 81.5 cm³/mol. The van der Waals surface area contributed by atoms with Crippen LogP contribution in [0.4, 0.5) is 0 Å². The van der Waals surface area contributed by atoms with Gasteiger partial charge in [0.1, 0.15) is 17.1 Å². The fraction of sp³-hybridized carbons (Fsp3) is 0.412. The van der Waals surface area contributed by atoms with Crippen molar-refractivity contribution in [3.8, 4) is 11.5 Å². The zero-order valence-electron chi connectivity index (χ0n) is 13.4. The molecule has 1 aliphatic heterocycles. The summed E-state index contributed by atoms with van der Waals surface area (Å²) in [5.74, 6) is -0.0498. The molecule has 0 aromatic heterocycles. The number of rotatable bonds is 3. The first-order valence-corrected chi connectivity index (χ1v) is 7.07. The summed E-state index contributed by atoms with van der Waals surface area (Å²) >= 11 is 0. The van der Waals surface area contributed by atoms with Crippen LogP contribution in [0.15, 0.2) is 12.2 Å². The van der Waals surface area contributed by atoms with Gasteiger partial charge in [-0.2, -0.15) is 0 Å².